The average molecular weight is 445 g/mol. The summed E-state index contributed by atoms with van der Waals surface area (Å²) in [6.07, 6.45) is -0.954. The van der Waals surface area contributed by atoms with Crippen molar-refractivity contribution in [3.05, 3.63) is 59.7 Å². The first-order chi connectivity index (χ1) is 12.9. The van der Waals surface area contributed by atoms with Gasteiger partial charge in [-0.3, -0.25) is 0 Å². The summed E-state index contributed by atoms with van der Waals surface area (Å²) in [5.74, 6) is 1.72. The molecule has 0 saturated heterocycles. The lowest BCUT2D eigenvalue weighted by molar-refractivity contribution is 0.223. The molecule has 0 radical (unpaired) electrons. The summed E-state index contributed by atoms with van der Waals surface area (Å²) in [5.41, 5.74) is 2.36. The van der Waals surface area contributed by atoms with E-state index in [1.165, 1.54) is 11.1 Å². The fourth-order valence-electron chi connectivity index (χ4n) is 2.58. The Hall–Kier alpha value is -0.360. The molecule has 0 heterocycles. The molecule has 0 aliphatic carbocycles. The Morgan fingerprint density at radius 2 is 1.07 bits per heavy atom. The SMILES string of the molecule is CC(C)(c1ccc(SCC(O)CCl)cc1)c1ccc(SCC(O)CCl)cc1. The zero-order chi connectivity index (χ0) is 19.9. The minimum Gasteiger partial charge on any atom is -0.391 e. The number of halogens is 2. The van der Waals surface area contributed by atoms with E-state index in [1.54, 1.807) is 23.5 Å². The Morgan fingerprint density at radius 3 is 1.37 bits per heavy atom. The van der Waals surface area contributed by atoms with Gasteiger partial charge in [0.05, 0.1) is 12.2 Å². The van der Waals surface area contributed by atoms with Crippen LogP contribution in [0.3, 0.4) is 0 Å². The standard InChI is InChI=1S/C21H26Cl2O2S2/c1-21(2,15-3-7-19(8-4-15)26-13-17(24)11-22)16-5-9-20(10-6-16)27-14-18(25)12-23/h3-10,17-18,24-25H,11-14H2,1-2H3. The van der Waals surface area contributed by atoms with Gasteiger partial charge in [-0.2, -0.15) is 0 Å². The van der Waals surface area contributed by atoms with Crippen LogP contribution in [0.5, 0.6) is 0 Å². The Balaban J connectivity index is 2.04. The van der Waals surface area contributed by atoms with Gasteiger partial charge in [0.1, 0.15) is 0 Å². The number of alkyl halides is 2. The highest BCUT2D eigenvalue weighted by Gasteiger charge is 2.23. The highest BCUT2D eigenvalue weighted by Crippen LogP contribution is 2.34. The molecule has 0 spiro atoms. The fraction of sp³-hybridized carbons (Fsp3) is 0.429. The normalized spacial score (nSPS) is 14.1. The molecular weight excluding hydrogens is 419 g/mol. The number of hydrogen-bond donors (Lipinski definition) is 2. The molecule has 148 valence electrons. The number of aliphatic hydroxyl groups excluding tert-OH is 2. The lowest BCUT2D eigenvalue weighted by atomic mass is 9.78. The van der Waals surface area contributed by atoms with Crippen molar-refractivity contribution in [3.63, 3.8) is 0 Å². The van der Waals surface area contributed by atoms with Crippen LogP contribution in [-0.4, -0.2) is 45.7 Å². The molecule has 0 saturated carbocycles. The third-order valence-corrected chi connectivity index (χ3v) is 7.42. The summed E-state index contributed by atoms with van der Waals surface area (Å²) in [6, 6.07) is 17.0. The highest BCUT2D eigenvalue weighted by atomic mass is 35.5. The number of rotatable bonds is 10. The maximum Gasteiger partial charge on any atom is 0.0769 e. The van der Waals surface area contributed by atoms with Crippen molar-refractivity contribution >= 4 is 46.7 Å². The van der Waals surface area contributed by atoms with E-state index in [-0.39, 0.29) is 17.2 Å². The van der Waals surface area contributed by atoms with E-state index in [1.807, 2.05) is 0 Å². The van der Waals surface area contributed by atoms with Crippen molar-refractivity contribution in [3.8, 4) is 0 Å². The number of hydrogen-bond acceptors (Lipinski definition) is 4. The molecule has 0 aromatic heterocycles. The van der Waals surface area contributed by atoms with Crippen LogP contribution in [0.15, 0.2) is 58.3 Å². The van der Waals surface area contributed by atoms with Crippen LogP contribution < -0.4 is 0 Å². The lowest BCUT2D eigenvalue weighted by Crippen LogP contribution is -2.18. The molecule has 0 fully saturated rings. The third kappa shape index (κ3) is 6.88. The zero-order valence-electron chi connectivity index (χ0n) is 15.6. The van der Waals surface area contributed by atoms with Crippen molar-refractivity contribution < 1.29 is 10.2 Å². The van der Waals surface area contributed by atoms with Gasteiger partial charge >= 0.3 is 0 Å². The third-order valence-electron chi connectivity index (χ3n) is 4.39. The number of benzene rings is 2. The summed E-state index contributed by atoms with van der Waals surface area (Å²) in [5, 5.41) is 19.2. The van der Waals surface area contributed by atoms with E-state index in [2.05, 4.69) is 62.4 Å². The van der Waals surface area contributed by atoms with Gasteiger partial charge in [-0.05, 0) is 35.4 Å². The molecule has 2 unspecified atom stereocenters. The van der Waals surface area contributed by atoms with E-state index in [0.29, 0.717) is 11.5 Å². The minimum atomic E-state index is -0.477. The van der Waals surface area contributed by atoms with Crippen LogP contribution in [0.4, 0.5) is 0 Å². The van der Waals surface area contributed by atoms with E-state index in [4.69, 9.17) is 23.2 Å². The lowest BCUT2D eigenvalue weighted by Gasteiger charge is -2.26. The van der Waals surface area contributed by atoms with Gasteiger partial charge in [0.15, 0.2) is 0 Å². The quantitative estimate of drug-likeness (QED) is 0.380. The summed E-state index contributed by atoms with van der Waals surface area (Å²) in [6.45, 7) is 4.43. The van der Waals surface area contributed by atoms with Gasteiger partial charge in [0.2, 0.25) is 0 Å². The summed E-state index contributed by atoms with van der Waals surface area (Å²) in [7, 11) is 0. The molecule has 0 aliphatic rings. The average Bonchev–Trinajstić information content (AvgIpc) is 2.70. The monoisotopic (exact) mass is 444 g/mol. The van der Waals surface area contributed by atoms with Crippen molar-refractivity contribution in [1.82, 2.24) is 0 Å². The molecule has 6 heteroatoms. The van der Waals surface area contributed by atoms with Crippen molar-refractivity contribution in [2.45, 2.75) is 41.3 Å². The topological polar surface area (TPSA) is 40.5 Å². The zero-order valence-corrected chi connectivity index (χ0v) is 18.7. The molecule has 0 aliphatic heterocycles. The molecule has 2 nitrogen and oxygen atoms in total. The molecule has 2 aromatic rings. The van der Waals surface area contributed by atoms with E-state index < -0.39 is 12.2 Å². The number of aliphatic hydroxyl groups is 2. The van der Waals surface area contributed by atoms with Crippen molar-refractivity contribution in [1.29, 1.82) is 0 Å². The van der Waals surface area contributed by atoms with Gasteiger partial charge in [0, 0.05) is 38.5 Å². The largest absolute Gasteiger partial charge is 0.391 e. The van der Waals surface area contributed by atoms with Crippen LogP contribution in [-0.2, 0) is 5.41 Å². The van der Waals surface area contributed by atoms with Crippen LogP contribution in [0.1, 0.15) is 25.0 Å². The maximum absolute atomic E-state index is 9.58. The summed E-state index contributed by atoms with van der Waals surface area (Å²) < 4.78 is 0. The van der Waals surface area contributed by atoms with Crippen LogP contribution >= 0.6 is 46.7 Å². The van der Waals surface area contributed by atoms with E-state index in [0.717, 1.165) is 9.79 Å². The first-order valence-electron chi connectivity index (χ1n) is 8.81. The second-order valence-electron chi connectivity index (χ2n) is 6.91. The fourth-order valence-corrected chi connectivity index (χ4v) is 4.72. The predicted molar refractivity (Wildman–Crippen MR) is 120 cm³/mol. The molecule has 2 rings (SSSR count). The first-order valence-corrected chi connectivity index (χ1v) is 11.9. The maximum atomic E-state index is 9.58. The Morgan fingerprint density at radius 1 is 0.741 bits per heavy atom. The van der Waals surface area contributed by atoms with Crippen LogP contribution in [0.25, 0.3) is 0 Å². The Labute approximate surface area is 180 Å². The molecular formula is C21H26Cl2O2S2. The molecule has 2 N–H and O–H groups in total. The Kier molecular flexibility index (Phi) is 9.33. The van der Waals surface area contributed by atoms with Gasteiger partial charge < -0.3 is 10.2 Å². The van der Waals surface area contributed by atoms with Gasteiger partial charge in [0.25, 0.3) is 0 Å². The van der Waals surface area contributed by atoms with Gasteiger partial charge in [-0.25, -0.2) is 0 Å². The predicted octanol–water partition coefficient (Wildman–Crippen LogP) is 5.40. The highest BCUT2D eigenvalue weighted by molar-refractivity contribution is 7.99. The summed E-state index contributed by atoms with van der Waals surface area (Å²) in [4.78, 5) is 2.26. The second kappa shape index (κ2) is 11.0. The second-order valence-corrected chi connectivity index (χ2v) is 9.72. The van der Waals surface area contributed by atoms with Crippen LogP contribution in [0, 0.1) is 0 Å². The molecule has 2 aromatic carbocycles. The van der Waals surface area contributed by atoms with Crippen LogP contribution in [0.2, 0.25) is 0 Å². The van der Waals surface area contributed by atoms with E-state index >= 15 is 0 Å². The number of thioether (sulfide) groups is 2. The van der Waals surface area contributed by atoms with Gasteiger partial charge in [-0.15, -0.1) is 46.7 Å². The van der Waals surface area contributed by atoms with Crippen molar-refractivity contribution in [2.75, 3.05) is 23.3 Å². The molecule has 27 heavy (non-hydrogen) atoms. The summed E-state index contributed by atoms with van der Waals surface area (Å²) >= 11 is 14.5. The molecule has 0 bridgehead atoms. The molecule has 0 amide bonds. The molecule has 2 atom stereocenters. The van der Waals surface area contributed by atoms with Crippen molar-refractivity contribution in [2.24, 2.45) is 0 Å². The first kappa shape index (κ1) is 22.9. The smallest absolute Gasteiger partial charge is 0.0769 e. The van der Waals surface area contributed by atoms with Gasteiger partial charge in [-0.1, -0.05) is 38.1 Å². The minimum absolute atomic E-state index is 0.113. The van der Waals surface area contributed by atoms with E-state index in [9.17, 15) is 10.2 Å². The Bertz CT molecular complexity index is 631.